The molecule has 0 saturated heterocycles. The van der Waals surface area contributed by atoms with Gasteiger partial charge < -0.3 is 5.11 Å². The molecule has 1 aromatic carbocycles. The first-order valence-corrected chi connectivity index (χ1v) is 7.96. The van der Waals surface area contributed by atoms with Crippen LogP contribution in [0.4, 0.5) is 5.95 Å². The SMILES string of the molecule is Cc1cccc(Cn2cnc(NC(=O)c3ccnn3C(C)C(=O)O)n2)c1. The second-order valence-electron chi connectivity index (χ2n) is 5.88. The molecule has 1 amide bonds. The number of nitrogens with zero attached hydrogens (tertiary/aromatic N) is 5. The number of hydrogen-bond donors (Lipinski definition) is 2. The van der Waals surface area contributed by atoms with Gasteiger partial charge in [0.1, 0.15) is 18.1 Å². The van der Waals surface area contributed by atoms with Crippen molar-refractivity contribution in [1.29, 1.82) is 0 Å². The summed E-state index contributed by atoms with van der Waals surface area (Å²) in [6.07, 6.45) is 2.90. The Labute approximate surface area is 149 Å². The molecule has 0 radical (unpaired) electrons. The number of carbonyl (C=O) groups is 2. The highest BCUT2D eigenvalue weighted by molar-refractivity contribution is 6.02. The van der Waals surface area contributed by atoms with E-state index in [9.17, 15) is 9.59 Å². The zero-order valence-electron chi connectivity index (χ0n) is 14.3. The van der Waals surface area contributed by atoms with Gasteiger partial charge in [0.05, 0.1) is 6.54 Å². The first-order chi connectivity index (χ1) is 12.4. The molecule has 9 nitrogen and oxygen atoms in total. The number of aromatic nitrogens is 5. The number of carbonyl (C=O) groups excluding carboxylic acids is 1. The van der Waals surface area contributed by atoms with Crippen molar-refractivity contribution in [1.82, 2.24) is 24.5 Å². The molecule has 134 valence electrons. The van der Waals surface area contributed by atoms with E-state index in [-0.39, 0.29) is 11.6 Å². The fourth-order valence-electron chi connectivity index (χ4n) is 2.50. The maximum absolute atomic E-state index is 12.4. The minimum Gasteiger partial charge on any atom is -0.480 e. The fourth-order valence-corrected chi connectivity index (χ4v) is 2.50. The standard InChI is InChI=1S/C17H18N6O3/c1-11-4-3-5-13(8-11)9-22-10-18-17(21-22)20-15(24)14-6-7-19-23(14)12(2)16(25)26/h3-8,10,12H,9H2,1-2H3,(H,25,26)(H,20,21,24). The van der Waals surface area contributed by atoms with Crippen LogP contribution in [0.1, 0.15) is 34.6 Å². The van der Waals surface area contributed by atoms with E-state index in [4.69, 9.17) is 5.11 Å². The number of benzene rings is 1. The third kappa shape index (κ3) is 3.77. The zero-order valence-corrected chi connectivity index (χ0v) is 14.3. The van der Waals surface area contributed by atoms with E-state index in [1.165, 1.54) is 25.5 Å². The van der Waals surface area contributed by atoms with Gasteiger partial charge in [-0.3, -0.25) is 10.1 Å². The Morgan fingerprint density at radius 1 is 1.31 bits per heavy atom. The molecule has 0 fully saturated rings. The molecule has 1 atom stereocenters. The Balaban J connectivity index is 1.71. The van der Waals surface area contributed by atoms with Crippen molar-refractivity contribution in [3.05, 3.63) is 59.7 Å². The Bertz CT molecular complexity index is 945. The average Bonchev–Trinajstić information content (AvgIpc) is 3.23. The molecule has 26 heavy (non-hydrogen) atoms. The third-order valence-corrected chi connectivity index (χ3v) is 3.82. The summed E-state index contributed by atoms with van der Waals surface area (Å²) in [5.41, 5.74) is 2.34. The van der Waals surface area contributed by atoms with E-state index >= 15 is 0 Å². The lowest BCUT2D eigenvalue weighted by atomic mass is 10.1. The van der Waals surface area contributed by atoms with Crippen molar-refractivity contribution in [2.45, 2.75) is 26.4 Å². The maximum atomic E-state index is 12.4. The highest BCUT2D eigenvalue weighted by Gasteiger charge is 2.21. The third-order valence-electron chi connectivity index (χ3n) is 3.82. The molecule has 0 aliphatic heterocycles. The summed E-state index contributed by atoms with van der Waals surface area (Å²) >= 11 is 0. The first kappa shape index (κ1) is 17.3. The number of anilines is 1. The second-order valence-corrected chi connectivity index (χ2v) is 5.88. The van der Waals surface area contributed by atoms with Crippen molar-refractivity contribution in [3.63, 3.8) is 0 Å². The molecular formula is C17H18N6O3. The largest absolute Gasteiger partial charge is 0.480 e. The molecule has 0 aliphatic carbocycles. The molecule has 0 spiro atoms. The van der Waals surface area contributed by atoms with Gasteiger partial charge in [0.2, 0.25) is 5.95 Å². The summed E-state index contributed by atoms with van der Waals surface area (Å²) in [6.45, 7) is 3.98. The number of carboxylic acid groups (broad SMARTS) is 1. The monoisotopic (exact) mass is 354 g/mol. The van der Waals surface area contributed by atoms with E-state index in [0.29, 0.717) is 6.54 Å². The number of aryl methyl sites for hydroxylation is 1. The van der Waals surface area contributed by atoms with Crippen LogP contribution in [0, 0.1) is 6.92 Å². The molecular weight excluding hydrogens is 336 g/mol. The molecule has 2 aromatic heterocycles. The fraction of sp³-hybridized carbons (Fsp3) is 0.235. The number of nitrogens with one attached hydrogen (secondary N) is 1. The Hall–Kier alpha value is -3.49. The summed E-state index contributed by atoms with van der Waals surface area (Å²) < 4.78 is 2.75. The van der Waals surface area contributed by atoms with Crippen molar-refractivity contribution in [2.24, 2.45) is 0 Å². The number of amides is 1. The van der Waals surface area contributed by atoms with Crippen molar-refractivity contribution in [3.8, 4) is 0 Å². The number of aliphatic carboxylic acids is 1. The molecule has 2 heterocycles. The molecule has 2 N–H and O–H groups in total. The lowest BCUT2D eigenvalue weighted by Gasteiger charge is -2.10. The van der Waals surface area contributed by atoms with Gasteiger partial charge >= 0.3 is 5.97 Å². The highest BCUT2D eigenvalue weighted by Crippen LogP contribution is 2.11. The highest BCUT2D eigenvalue weighted by atomic mass is 16.4. The molecule has 9 heteroatoms. The van der Waals surface area contributed by atoms with Gasteiger partial charge in [-0.05, 0) is 25.5 Å². The normalized spacial score (nSPS) is 11.9. The van der Waals surface area contributed by atoms with Gasteiger partial charge in [0, 0.05) is 6.20 Å². The predicted octanol–water partition coefficient (Wildman–Crippen LogP) is 1.73. The van der Waals surface area contributed by atoms with E-state index in [2.05, 4.69) is 20.5 Å². The summed E-state index contributed by atoms with van der Waals surface area (Å²) in [5, 5.41) is 19.8. The molecule has 0 bridgehead atoms. The Morgan fingerprint density at radius 2 is 2.12 bits per heavy atom. The van der Waals surface area contributed by atoms with Crippen molar-refractivity contribution < 1.29 is 14.7 Å². The minimum atomic E-state index is -1.08. The zero-order chi connectivity index (χ0) is 18.7. The van der Waals surface area contributed by atoms with Gasteiger partial charge in [-0.1, -0.05) is 29.8 Å². The molecule has 0 aliphatic rings. The lowest BCUT2D eigenvalue weighted by Crippen LogP contribution is -2.24. The molecule has 3 aromatic rings. The van der Waals surface area contributed by atoms with Crippen LogP contribution < -0.4 is 5.32 Å². The summed E-state index contributed by atoms with van der Waals surface area (Å²) in [6, 6.07) is 8.49. The quantitative estimate of drug-likeness (QED) is 0.696. The molecule has 3 rings (SSSR count). The van der Waals surface area contributed by atoms with Crippen LogP contribution in [0.5, 0.6) is 0 Å². The van der Waals surface area contributed by atoms with Crippen LogP contribution in [0.3, 0.4) is 0 Å². The van der Waals surface area contributed by atoms with Crippen LogP contribution >= 0.6 is 0 Å². The van der Waals surface area contributed by atoms with Crippen LogP contribution in [-0.2, 0) is 11.3 Å². The van der Waals surface area contributed by atoms with Gasteiger partial charge in [0.25, 0.3) is 5.91 Å². The maximum Gasteiger partial charge on any atom is 0.328 e. The van der Waals surface area contributed by atoms with Crippen LogP contribution in [0.15, 0.2) is 42.9 Å². The smallest absolute Gasteiger partial charge is 0.328 e. The van der Waals surface area contributed by atoms with E-state index in [1.807, 2.05) is 31.2 Å². The van der Waals surface area contributed by atoms with Crippen LogP contribution in [-0.4, -0.2) is 41.5 Å². The number of hydrogen-bond acceptors (Lipinski definition) is 5. The first-order valence-electron chi connectivity index (χ1n) is 7.96. The Morgan fingerprint density at radius 3 is 2.85 bits per heavy atom. The van der Waals surface area contributed by atoms with Gasteiger partial charge in [-0.2, -0.15) is 5.10 Å². The Kier molecular flexibility index (Phi) is 4.78. The predicted molar refractivity (Wildman–Crippen MR) is 92.8 cm³/mol. The average molecular weight is 354 g/mol. The molecule has 0 saturated carbocycles. The molecule has 1 unspecified atom stereocenters. The van der Waals surface area contributed by atoms with E-state index in [1.54, 1.807) is 4.68 Å². The van der Waals surface area contributed by atoms with E-state index in [0.717, 1.165) is 15.8 Å². The summed E-state index contributed by atoms with van der Waals surface area (Å²) in [5.74, 6) is -1.47. The summed E-state index contributed by atoms with van der Waals surface area (Å²) in [4.78, 5) is 27.6. The van der Waals surface area contributed by atoms with Gasteiger partial charge in [-0.15, -0.1) is 5.10 Å². The van der Waals surface area contributed by atoms with Crippen LogP contribution in [0.2, 0.25) is 0 Å². The van der Waals surface area contributed by atoms with Gasteiger partial charge in [-0.25, -0.2) is 19.1 Å². The second kappa shape index (κ2) is 7.18. The lowest BCUT2D eigenvalue weighted by molar-refractivity contribution is -0.140. The van der Waals surface area contributed by atoms with Crippen molar-refractivity contribution in [2.75, 3.05) is 5.32 Å². The number of carboxylic acids is 1. The number of rotatable bonds is 6. The van der Waals surface area contributed by atoms with Gasteiger partial charge in [0.15, 0.2) is 0 Å². The minimum absolute atomic E-state index is 0.120. The van der Waals surface area contributed by atoms with Crippen molar-refractivity contribution >= 4 is 17.8 Å². The van der Waals surface area contributed by atoms with E-state index < -0.39 is 17.9 Å². The van der Waals surface area contributed by atoms with Crippen LogP contribution in [0.25, 0.3) is 0 Å². The summed E-state index contributed by atoms with van der Waals surface area (Å²) in [7, 11) is 0. The topological polar surface area (TPSA) is 115 Å².